The summed E-state index contributed by atoms with van der Waals surface area (Å²) in [6.07, 6.45) is 3.36. The highest BCUT2D eigenvalue weighted by Crippen LogP contribution is 2.43. The molecule has 74 valence electrons. The van der Waals surface area contributed by atoms with Gasteiger partial charge in [-0.1, -0.05) is 6.58 Å². The van der Waals surface area contributed by atoms with Crippen molar-refractivity contribution in [3.05, 3.63) is 12.2 Å². The van der Waals surface area contributed by atoms with Gasteiger partial charge in [0.15, 0.2) is 0 Å². The molecule has 2 saturated heterocycles. The fourth-order valence-corrected chi connectivity index (χ4v) is 4.59. The molecule has 0 saturated carbocycles. The minimum absolute atomic E-state index is 0.223. The zero-order valence-corrected chi connectivity index (χ0v) is 8.77. The summed E-state index contributed by atoms with van der Waals surface area (Å²) in [7, 11) is -0.683. The Morgan fingerprint density at radius 1 is 1.46 bits per heavy atom. The Balaban J connectivity index is 2.23. The summed E-state index contributed by atoms with van der Waals surface area (Å²) >= 11 is 0. The fraction of sp³-hybridized carbons (Fsp3) is 0.800. The highest BCUT2D eigenvalue weighted by molar-refractivity contribution is 7.86. The van der Waals surface area contributed by atoms with Crippen LogP contribution in [0.2, 0.25) is 0 Å². The van der Waals surface area contributed by atoms with Gasteiger partial charge in [-0.25, -0.2) is 0 Å². The van der Waals surface area contributed by atoms with E-state index in [1.807, 2.05) is 6.92 Å². The standard InChI is InChI=1S/C10H16O2S/c1-7(2)10(11)5-8-3-4-9(6-10)13(8)12/h8-9,11H,1,3-6H2,2H3. The van der Waals surface area contributed by atoms with Gasteiger partial charge in [0, 0.05) is 21.3 Å². The second-order valence-corrected chi connectivity index (χ2v) is 6.36. The lowest BCUT2D eigenvalue weighted by molar-refractivity contribution is 0.0603. The van der Waals surface area contributed by atoms with Crippen LogP contribution in [0.25, 0.3) is 0 Å². The second kappa shape index (κ2) is 2.92. The molecule has 2 atom stereocenters. The van der Waals surface area contributed by atoms with Crippen molar-refractivity contribution < 1.29 is 9.32 Å². The van der Waals surface area contributed by atoms with Crippen LogP contribution in [0.5, 0.6) is 0 Å². The van der Waals surface area contributed by atoms with Gasteiger partial charge in [-0.05, 0) is 38.2 Å². The highest BCUT2D eigenvalue weighted by atomic mass is 32.2. The Morgan fingerprint density at radius 3 is 2.31 bits per heavy atom. The van der Waals surface area contributed by atoms with E-state index in [-0.39, 0.29) is 10.5 Å². The predicted molar refractivity (Wildman–Crippen MR) is 54.0 cm³/mol. The van der Waals surface area contributed by atoms with Crippen LogP contribution in [0.1, 0.15) is 32.6 Å². The molecule has 13 heavy (non-hydrogen) atoms. The molecule has 2 nitrogen and oxygen atoms in total. The summed E-state index contributed by atoms with van der Waals surface area (Å²) in [5.41, 5.74) is 0.112. The van der Waals surface area contributed by atoms with Crippen LogP contribution in [0.15, 0.2) is 12.2 Å². The Bertz CT molecular complexity index is 256. The average molecular weight is 200 g/mol. The monoisotopic (exact) mass is 200 g/mol. The maximum atomic E-state index is 11.7. The molecule has 2 fully saturated rings. The Hall–Kier alpha value is -0.150. The fourth-order valence-electron chi connectivity index (χ4n) is 2.43. The van der Waals surface area contributed by atoms with Crippen LogP contribution >= 0.6 is 0 Å². The van der Waals surface area contributed by atoms with E-state index < -0.39 is 16.4 Å². The zero-order chi connectivity index (χ0) is 9.64. The summed E-state index contributed by atoms with van der Waals surface area (Å²) in [6.45, 7) is 5.69. The number of fused-ring (bicyclic) bond motifs is 2. The third kappa shape index (κ3) is 1.38. The van der Waals surface area contributed by atoms with Crippen molar-refractivity contribution in [3.63, 3.8) is 0 Å². The van der Waals surface area contributed by atoms with Gasteiger partial charge in [0.1, 0.15) is 0 Å². The number of hydrogen-bond acceptors (Lipinski definition) is 2. The van der Waals surface area contributed by atoms with Crippen molar-refractivity contribution in [2.45, 2.75) is 48.7 Å². The quantitative estimate of drug-likeness (QED) is 0.649. The third-order valence-electron chi connectivity index (χ3n) is 3.39. The van der Waals surface area contributed by atoms with Crippen molar-refractivity contribution in [1.82, 2.24) is 0 Å². The van der Waals surface area contributed by atoms with Crippen molar-refractivity contribution in [3.8, 4) is 0 Å². The molecule has 2 heterocycles. The maximum absolute atomic E-state index is 11.7. The first-order chi connectivity index (χ1) is 6.03. The van der Waals surface area contributed by atoms with E-state index in [4.69, 9.17) is 0 Å². The first-order valence-corrected chi connectivity index (χ1v) is 6.08. The first-order valence-electron chi connectivity index (χ1n) is 4.81. The highest BCUT2D eigenvalue weighted by Gasteiger charge is 2.47. The largest absolute Gasteiger partial charge is 0.385 e. The first kappa shape index (κ1) is 9.41. The summed E-state index contributed by atoms with van der Waals surface area (Å²) in [5.74, 6) is 0. The number of rotatable bonds is 1. The topological polar surface area (TPSA) is 37.3 Å². The van der Waals surface area contributed by atoms with Crippen LogP contribution in [0.3, 0.4) is 0 Å². The average Bonchev–Trinajstić information content (AvgIpc) is 2.33. The van der Waals surface area contributed by atoms with E-state index in [0.717, 1.165) is 18.4 Å². The summed E-state index contributed by atoms with van der Waals surface area (Å²) in [5, 5.41) is 10.7. The molecule has 0 spiro atoms. The lowest BCUT2D eigenvalue weighted by Gasteiger charge is -2.36. The van der Waals surface area contributed by atoms with E-state index in [1.54, 1.807) is 0 Å². The number of hydrogen-bond donors (Lipinski definition) is 1. The van der Waals surface area contributed by atoms with E-state index in [9.17, 15) is 9.32 Å². The van der Waals surface area contributed by atoms with E-state index in [1.165, 1.54) is 0 Å². The van der Waals surface area contributed by atoms with Crippen LogP contribution in [0.4, 0.5) is 0 Å². The molecule has 3 heteroatoms. The minimum atomic E-state index is -0.722. The lowest BCUT2D eigenvalue weighted by atomic mass is 9.87. The van der Waals surface area contributed by atoms with E-state index in [2.05, 4.69) is 6.58 Å². The zero-order valence-electron chi connectivity index (χ0n) is 7.95. The minimum Gasteiger partial charge on any atom is -0.385 e. The van der Waals surface area contributed by atoms with E-state index >= 15 is 0 Å². The molecular formula is C10H16O2S. The molecule has 2 bridgehead atoms. The van der Waals surface area contributed by atoms with Crippen molar-refractivity contribution in [2.75, 3.05) is 0 Å². The van der Waals surface area contributed by atoms with Crippen molar-refractivity contribution >= 4 is 10.8 Å². The Morgan fingerprint density at radius 2 is 1.92 bits per heavy atom. The molecule has 2 rings (SSSR count). The van der Waals surface area contributed by atoms with Gasteiger partial charge in [-0.3, -0.25) is 4.21 Å². The van der Waals surface area contributed by atoms with Gasteiger partial charge in [0.05, 0.1) is 5.60 Å². The molecule has 0 aromatic rings. The third-order valence-corrected chi connectivity index (χ3v) is 5.51. The molecule has 0 aromatic heterocycles. The molecule has 2 unspecified atom stereocenters. The molecule has 0 aliphatic carbocycles. The Labute approximate surface area is 81.5 Å². The molecule has 0 amide bonds. The van der Waals surface area contributed by atoms with Gasteiger partial charge >= 0.3 is 0 Å². The number of aliphatic hydroxyl groups is 1. The van der Waals surface area contributed by atoms with Gasteiger partial charge in [-0.2, -0.15) is 0 Å². The summed E-state index contributed by atoms with van der Waals surface area (Å²) in [6, 6.07) is 0. The van der Waals surface area contributed by atoms with Crippen molar-refractivity contribution in [1.29, 1.82) is 0 Å². The van der Waals surface area contributed by atoms with Crippen LogP contribution in [-0.2, 0) is 10.8 Å². The van der Waals surface area contributed by atoms with Crippen LogP contribution in [0, 0.1) is 0 Å². The van der Waals surface area contributed by atoms with Crippen LogP contribution < -0.4 is 0 Å². The molecule has 2 aliphatic heterocycles. The lowest BCUT2D eigenvalue weighted by Crippen LogP contribution is -2.43. The Kier molecular flexibility index (Phi) is 2.11. The van der Waals surface area contributed by atoms with E-state index in [0.29, 0.717) is 12.8 Å². The summed E-state index contributed by atoms with van der Waals surface area (Å²) < 4.78 is 11.7. The maximum Gasteiger partial charge on any atom is 0.0874 e. The molecule has 0 aromatic carbocycles. The predicted octanol–water partition coefficient (Wildman–Crippen LogP) is 1.37. The van der Waals surface area contributed by atoms with Gasteiger partial charge in [0.2, 0.25) is 0 Å². The molecule has 0 radical (unpaired) electrons. The van der Waals surface area contributed by atoms with Gasteiger partial charge in [-0.15, -0.1) is 0 Å². The second-order valence-electron chi connectivity index (χ2n) is 4.37. The smallest absolute Gasteiger partial charge is 0.0874 e. The van der Waals surface area contributed by atoms with Crippen LogP contribution in [-0.4, -0.2) is 25.4 Å². The molecule has 2 aliphatic rings. The van der Waals surface area contributed by atoms with Gasteiger partial charge in [0.25, 0.3) is 0 Å². The molecule has 1 N–H and O–H groups in total. The molecular weight excluding hydrogens is 184 g/mol. The summed E-state index contributed by atoms with van der Waals surface area (Å²) in [4.78, 5) is 0. The van der Waals surface area contributed by atoms with Gasteiger partial charge < -0.3 is 5.11 Å². The van der Waals surface area contributed by atoms with Crippen molar-refractivity contribution in [2.24, 2.45) is 0 Å². The normalized spacial score (nSPS) is 49.2. The SMILES string of the molecule is C=C(C)C1(O)CC2CCC(C1)S2=O.